The number of aliphatic hydroxyl groups is 1. The molecule has 10 nitrogen and oxygen atoms in total. The van der Waals surface area contributed by atoms with Crippen LogP contribution in [0, 0.1) is 5.82 Å². The molecule has 1 fully saturated rings. The SMILES string of the molecule is CC/C=C/C/C=C\C/C=C\C/C=C\C/C=C\CCCSSCCNP(=O)(OC[C@H]1O[C@@H](n2cc(F)c(=O)[nH]c2=O)C[C@@H]1O)Oc1cccc2ccccc12. The van der Waals surface area contributed by atoms with E-state index >= 15 is 0 Å². The van der Waals surface area contributed by atoms with Crippen molar-refractivity contribution < 1.29 is 27.8 Å². The first-order chi connectivity index (χ1) is 26.3. The van der Waals surface area contributed by atoms with Gasteiger partial charge in [0.05, 0.1) is 18.9 Å². The summed E-state index contributed by atoms with van der Waals surface area (Å²) >= 11 is 0. The lowest BCUT2D eigenvalue weighted by atomic mass is 10.1. The normalized spacial score (nSPS) is 19.1. The zero-order valence-corrected chi connectivity index (χ0v) is 33.1. The number of hydrogen-bond acceptors (Lipinski definition) is 9. The molecule has 4 atom stereocenters. The number of nitrogens with zero attached hydrogens (tertiary/aromatic N) is 1. The molecule has 1 aromatic heterocycles. The van der Waals surface area contributed by atoms with E-state index in [1.807, 2.05) is 35.3 Å². The summed E-state index contributed by atoms with van der Waals surface area (Å²) in [6.45, 7) is 2.12. The number of H-pyrrole nitrogens is 1. The van der Waals surface area contributed by atoms with Gasteiger partial charge in [0.15, 0.2) is 0 Å². The van der Waals surface area contributed by atoms with Crippen LogP contribution in [0.1, 0.15) is 64.5 Å². The number of aliphatic hydroxyl groups excluding tert-OH is 1. The Morgan fingerprint density at radius 2 is 1.59 bits per heavy atom. The molecule has 0 bridgehead atoms. The highest BCUT2D eigenvalue weighted by Gasteiger charge is 2.38. The van der Waals surface area contributed by atoms with E-state index in [0.29, 0.717) is 18.0 Å². The predicted molar refractivity (Wildman–Crippen MR) is 221 cm³/mol. The van der Waals surface area contributed by atoms with Gasteiger partial charge in [0.25, 0.3) is 5.56 Å². The third-order valence-corrected chi connectivity index (χ3v) is 12.2. The number of allylic oxidation sites excluding steroid dienone is 10. The van der Waals surface area contributed by atoms with Crippen molar-refractivity contribution in [2.45, 2.75) is 76.7 Å². The van der Waals surface area contributed by atoms with Gasteiger partial charge in [0, 0.05) is 29.9 Å². The molecular formula is C40H51FN3O7PS2. The van der Waals surface area contributed by atoms with Crippen LogP contribution in [0.15, 0.2) is 119 Å². The summed E-state index contributed by atoms with van der Waals surface area (Å²) in [7, 11) is -0.598. The molecule has 1 aliphatic heterocycles. The Bertz CT molecular complexity index is 1910. The minimum absolute atomic E-state index is 0.0731. The van der Waals surface area contributed by atoms with Crippen LogP contribution in [-0.2, 0) is 13.8 Å². The smallest absolute Gasteiger partial charge is 0.413 e. The second-order valence-electron chi connectivity index (χ2n) is 12.3. The van der Waals surface area contributed by atoms with E-state index < -0.39 is 43.2 Å². The second-order valence-corrected chi connectivity index (χ2v) is 16.8. The van der Waals surface area contributed by atoms with Crippen molar-refractivity contribution in [1.29, 1.82) is 0 Å². The molecule has 0 aliphatic carbocycles. The molecule has 1 saturated heterocycles. The third-order valence-electron chi connectivity index (χ3n) is 8.15. The average molecular weight is 800 g/mol. The van der Waals surface area contributed by atoms with Crippen molar-refractivity contribution in [3.8, 4) is 5.75 Å². The van der Waals surface area contributed by atoms with Crippen LogP contribution in [0.2, 0.25) is 0 Å². The maximum atomic E-state index is 14.1. The summed E-state index contributed by atoms with van der Waals surface area (Å²) in [5.41, 5.74) is -2.03. The number of benzene rings is 2. The Morgan fingerprint density at radius 3 is 2.31 bits per heavy atom. The first-order valence-corrected chi connectivity index (χ1v) is 22.3. The molecule has 0 amide bonds. The van der Waals surface area contributed by atoms with Gasteiger partial charge in [-0.2, -0.15) is 4.39 Å². The maximum Gasteiger partial charge on any atom is 0.458 e. The molecule has 1 unspecified atom stereocenters. The lowest BCUT2D eigenvalue weighted by molar-refractivity contribution is -0.0428. The number of hydrogen-bond donors (Lipinski definition) is 3. The first kappa shape index (κ1) is 43.3. The second kappa shape index (κ2) is 24.2. The van der Waals surface area contributed by atoms with Crippen LogP contribution in [0.5, 0.6) is 5.75 Å². The quantitative estimate of drug-likeness (QED) is 0.0349. The van der Waals surface area contributed by atoms with Gasteiger partial charge >= 0.3 is 13.4 Å². The predicted octanol–water partition coefficient (Wildman–Crippen LogP) is 9.18. The summed E-state index contributed by atoms with van der Waals surface area (Å²) in [5, 5.41) is 15.3. The van der Waals surface area contributed by atoms with E-state index in [9.17, 15) is 23.7 Å². The van der Waals surface area contributed by atoms with Crippen LogP contribution in [0.3, 0.4) is 0 Å². The fourth-order valence-corrected chi connectivity index (χ4v) is 8.89. The average Bonchev–Trinajstić information content (AvgIpc) is 3.54. The molecule has 1 aliphatic rings. The Hall–Kier alpha value is -3.42. The zero-order valence-electron chi connectivity index (χ0n) is 30.6. The van der Waals surface area contributed by atoms with Crippen molar-refractivity contribution in [2.24, 2.45) is 0 Å². The summed E-state index contributed by atoms with van der Waals surface area (Å²) in [6, 6.07) is 12.9. The fraction of sp³-hybridized carbons (Fsp3) is 0.400. The molecular weight excluding hydrogens is 749 g/mol. The van der Waals surface area contributed by atoms with E-state index in [1.165, 1.54) is 0 Å². The standard InChI is InChI=1S/C40H51FN3O7PS2/c1-2-3-4-5-6-7-8-9-10-11-12-13-14-15-16-17-20-27-53-54-28-26-42-52(48,51-36-25-21-23-32-22-18-19-24-33(32)36)49-31-37-35(45)29-38(50-37)44-30-34(41)39(46)43-40(44)47/h3-4,6-7,9-10,12-13,15-16,18-19,21-25,30,35,37-38,45H,2,5,8,11,14,17,20,26-29,31H2,1H3,(H,42,48)(H,43,46,47)/b4-3+,7-6-,10-9-,13-12-,16-15-/t35-,37+,38+,52?/m0/s1. The number of halogens is 1. The van der Waals surface area contributed by atoms with Crippen molar-refractivity contribution in [3.63, 3.8) is 0 Å². The van der Waals surface area contributed by atoms with Gasteiger partial charge in [-0.25, -0.2) is 14.4 Å². The third kappa shape index (κ3) is 15.0. The fourth-order valence-electron chi connectivity index (χ4n) is 5.36. The number of rotatable bonds is 24. The Kier molecular flexibility index (Phi) is 19.4. The Balaban J connectivity index is 1.18. The van der Waals surface area contributed by atoms with Gasteiger partial charge in [-0.05, 0) is 56.4 Å². The number of aromatic nitrogens is 2. The monoisotopic (exact) mass is 799 g/mol. The molecule has 14 heteroatoms. The first-order valence-electron chi connectivity index (χ1n) is 18.3. The topological polar surface area (TPSA) is 132 Å². The highest BCUT2D eigenvalue weighted by molar-refractivity contribution is 8.76. The molecule has 54 heavy (non-hydrogen) atoms. The lowest BCUT2D eigenvalue weighted by Gasteiger charge is -2.23. The highest BCUT2D eigenvalue weighted by atomic mass is 33.1. The van der Waals surface area contributed by atoms with Crippen LogP contribution in [-0.4, -0.2) is 51.5 Å². The maximum absolute atomic E-state index is 14.1. The van der Waals surface area contributed by atoms with E-state index in [1.54, 1.807) is 33.7 Å². The summed E-state index contributed by atoms with van der Waals surface area (Å²) in [4.78, 5) is 25.6. The summed E-state index contributed by atoms with van der Waals surface area (Å²) in [6.07, 6.45) is 26.4. The molecule has 3 aromatic rings. The van der Waals surface area contributed by atoms with Crippen molar-refractivity contribution in [2.75, 3.05) is 24.7 Å². The van der Waals surface area contributed by atoms with Gasteiger partial charge < -0.3 is 14.4 Å². The number of nitrogens with one attached hydrogen (secondary N) is 2. The van der Waals surface area contributed by atoms with E-state index in [-0.39, 0.29) is 13.0 Å². The van der Waals surface area contributed by atoms with Crippen molar-refractivity contribution in [1.82, 2.24) is 14.6 Å². The Morgan fingerprint density at radius 1 is 0.944 bits per heavy atom. The summed E-state index contributed by atoms with van der Waals surface area (Å²) < 4.78 is 46.5. The molecule has 3 N–H and O–H groups in total. The minimum Gasteiger partial charge on any atom is -0.413 e. The van der Waals surface area contributed by atoms with Crippen LogP contribution >= 0.6 is 29.3 Å². The number of aromatic amines is 1. The number of fused-ring (bicyclic) bond motifs is 1. The van der Waals surface area contributed by atoms with Crippen LogP contribution in [0.25, 0.3) is 10.8 Å². The van der Waals surface area contributed by atoms with Crippen molar-refractivity contribution in [3.05, 3.63) is 136 Å². The largest absolute Gasteiger partial charge is 0.458 e. The van der Waals surface area contributed by atoms with Gasteiger partial charge in [0.2, 0.25) is 5.82 Å². The number of unbranched alkanes of at least 4 members (excludes halogenated alkanes) is 1. The van der Waals surface area contributed by atoms with E-state index in [4.69, 9.17) is 13.8 Å². The lowest BCUT2D eigenvalue weighted by Crippen LogP contribution is -2.34. The van der Waals surface area contributed by atoms with Crippen molar-refractivity contribution >= 4 is 40.1 Å². The molecule has 2 heterocycles. The van der Waals surface area contributed by atoms with E-state index in [0.717, 1.165) is 72.2 Å². The van der Waals surface area contributed by atoms with E-state index in [2.05, 4.69) is 72.8 Å². The summed E-state index contributed by atoms with van der Waals surface area (Å²) in [5.74, 6) is 0.803. The molecule has 292 valence electrons. The zero-order chi connectivity index (χ0) is 38.4. The van der Waals surface area contributed by atoms with Gasteiger partial charge in [0.1, 0.15) is 18.1 Å². The molecule has 2 aromatic carbocycles. The Labute approximate surface area is 324 Å². The number of ether oxygens (including phenoxy) is 1. The molecule has 0 saturated carbocycles. The molecule has 0 spiro atoms. The minimum atomic E-state index is -4.00. The van der Waals surface area contributed by atoms with Crippen LogP contribution in [0.4, 0.5) is 4.39 Å². The molecule has 0 radical (unpaired) electrons. The molecule has 4 rings (SSSR count). The van der Waals surface area contributed by atoms with Crippen LogP contribution < -0.4 is 20.9 Å². The van der Waals surface area contributed by atoms with Gasteiger partial charge in [-0.15, -0.1) is 0 Å². The van der Waals surface area contributed by atoms with Gasteiger partial charge in [-0.1, -0.05) is 126 Å². The highest BCUT2D eigenvalue weighted by Crippen LogP contribution is 2.47. The van der Waals surface area contributed by atoms with Gasteiger partial charge in [-0.3, -0.25) is 18.9 Å².